The Labute approximate surface area is 209 Å². The summed E-state index contributed by atoms with van der Waals surface area (Å²) >= 11 is 12.6. The number of hydrogen-bond acceptors (Lipinski definition) is 4. The van der Waals surface area contributed by atoms with Crippen molar-refractivity contribution in [2.75, 3.05) is 6.26 Å². The molecule has 176 valence electrons. The summed E-state index contributed by atoms with van der Waals surface area (Å²) in [6.07, 6.45) is 1.20. The zero-order valence-corrected chi connectivity index (χ0v) is 21.3. The van der Waals surface area contributed by atoms with E-state index < -0.39 is 15.4 Å². The molecular formula is C26H24Cl2N2O3S. The summed E-state index contributed by atoms with van der Waals surface area (Å²) in [6.45, 7) is 3.75. The zero-order chi connectivity index (χ0) is 24.7. The summed E-state index contributed by atoms with van der Waals surface area (Å²) in [5, 5.41) is 16.1. The van der Waals surface area contributed by atoms with Crippen LogP contribution in [0, 0.1) is 0 Å². The molecule has 5 nitrogen and oxygen atoms in total. The number of rotatable bonds is 6. The molecule has 1 aromatic heterocycles. The van der Waals surface area contributed by atoms with Gasteiger partial charge in [-0.3, -0.25) is 4.68 Å². The summed E-state index contributed by atoms with van der Waals surface area (Å²) < 4.78 is 25.6. The first-order valence-electron chi connectivity index (χ1n) is 10.6. The third-order valence-corrected chi connectivity index (χ3v) is 7.50. The van der Waals surface area contributed by atoms with Gasteiger partial charge in [0.1, 0.15) is 5.60 Å². The van der Waals surface area contributed by atoms with E-state index in [4.69, 9.17) is 23.2 Å². The molecule has 8 heteroatoms. The normalized spacial score (nSPS) is 12.2. The molecule has 0 bridgehead atoms. The second kappa shape index (κ2) is 9.19. The number of hydrogen-bond donors (Lipinski definition) is 1. The molecule has 0 saturated carbocycles. The molecule has 0 radical (unpaired) electrons. The molecule has 34 heavy (non-hydrogen) atoms. The van der Waals surface area contributed by atoms with Crippen LogP contribution in [0.15, 0.2) is 77.7 Å². The van der Waals surface area contributed by atoms with Gasteiger partial charge < -0.3 is 5.11 Å². The molecule has 0 aliphatic heterocycles. The predicted octanol–water partition coefficient (Wildman–Crippen LogP) is 6.20. The molecule has 0 unspecified atom stereocenters. The van der Waals surface area contributed by atoms with Gasteiger partial charge in [-0.15, -0.1) is 0 Å². The average Bonchev–Trinajstić information content (AvgIpc) is 3.21. The van der Waals surface area contributed by atoms with Gasteiger partial charge in [0.25, 0.3) is 0 Å². The van der Waals surface area contributed by atoms with Crippen LogP contribution in [0.1, 0.15) is 25.1 Å². The first-order valence-corrected chi connectivity index (χ1v) is 13.2. The van der Waals surface area contributed by atoms with Crippen molar-refractivity contribution in [3.05, 3.63) is 94.1 Å². The van der Waals surface area contributed by atoms with E-state index in [0.29, 0.717) is 22.3 Å². The maximum absolute atomic E-state index is 11.9. The van der Waals surface area contributed by atoms with Gasteiger partial charge in [0, 0.05) is 6.26 Å². The maximum atomic E-state index is 11.9. The fourth-order valence-electron chi connectivity index (χ4n) is 3.64. The minimum atomic E-state index is -3.29. The smallest absolute Gasteiger partial charge is 0.175 e. The lowest BCUT2D eigenvalue weighted by molar-refractivity contribution is 0.0731. The highest BCUT2D eigenvalue weighted by Gasteiger charge is 2.23. The number of aromatic nitrogens is 2. The highest BCUT2D eigenvalue weighted by Crippen LogP contribution is 2.31. The highest BCUT2D eigenvalue weighted by atomic mass is 35.5. The highest BCUT2D eigenvalue weighted by molar-refractivity contribution is 7.90. The molecule has 3 aromatic carbocycles. The van der Waals surface area contributed by atoms with Crippen molar-refractivity contribution < 1.29 is 13.5 Å². The van der Waals surface area contributed by atoms with E-state index in [9.17, 15) is 13.5 Å². The van der Waals surface area contributed by atoms with Crippen molar-refractivity contribution in [2.45, 2.75) is 30.9 Å². The summed E-state index contributed by atoms with van der Waals surface area (Å²) in [4.78, 5) is 0.278. The van der Waals surface area contributed by atoms with Crippen molar-refractivity contribution in [3.8, 4) is 22.4 Å². The molecule has 4 aromatic rings. The molecule has 0 amide bonds. The van der Waals surface area contributed by atoms with E-state index in [1.165, 1.54) is 6.26 Å². The quantitative estimate of drug-likeness (QED) is 0.332. The Hall–Kier alpha value is -2.64. The Balaban J connectivity index is 1.74. The standard InChI is InChI=1S/C26H24Cl2N2O3S/c1-26(2,31)24-15-23(30(29-24)16-20-7-5-9-22(27)25(20)28)18-12-10-17(11-13-18)19-6-4-8-21(14-19)34(3,32)33/h4-15,31H,16H2,1-3H3. The maximum Gasteiger partial charge on any atom is 0.175 e. The second-order valence-corrected chi connectivity index (χ2v) is 11.5. The first-order chi connectivity index (χ1) is 15.9. The Morgan fingerprint density at radius 1 is 0.912 bits per heavy atom. The number of benzene rings is 3. The molecule has 0 saturated heterocycles. The van der Waals surface area contributed by atoms with Crippen molar-refractivity contribution in [1.29, 1.82) is 0 Å². The molecule has 0 aliphatic rings. The van der Waals surface area contributed by atoms with Gasteiger partial charge in [0.2, 0.25) is 0 Å². The van der Waals surface area contributed by atoms with Crippen molar-refractivity contribution >= 4 is 33.0 Å². The first kappa shape index (κ1) is 24.5. The molecule has 4 rings (SSSR count). The van der Waals surface area contributed by atoms with Crippen LogP contribution in [0.25, 0.3) is 22.4 Å². The van der Waals surface area contributed by atoms with E-state index in [0.717, 1.165) is 27.9 Å². The van der Waals surface area contributed by atoms with Crippen LogP contribution in [0.2, 0.25) is 10.0 Å². The lowest BCUT2D eigenvalue weighted by Gasteiger charge is -2.13. The van der Waals surface area contributed by atoms with Gasteiger partial charge in [-0.25, -0.2) is 8.42 Å². The van der Waals surface area contributed by atoms with Gasteiger partial charge in [0.05, 0.1) is 32.9 Å². The topological polar surface area (TPSA) is 72.2 Å². The van der Waals surface area contributed by atoms with Gasteiger partial charge in [-0.05, 0) is 60.4 Å². The minimum absolute atomic E-state index is 0.278. The molecule has 0 spiro atoms. The van der Waals surface area contributed by atoms with Crippen molar-refractivity contribution in [1.82, 2.24) is 9.78 Å². The fourth-order valence-corrected chi connectivity index (χ4v) is 4.69. The number of halogens is 2. The average molecular weight is 515 g/mol. The third-order valence-electron chi connectivity index (χ3n) is 5.53. The molecule has 0 fully saturated rings. The molecule has 0 atom stereocenters. The Morgan fingerprint density at radius 2 is 1.56 bits per heavy atom. The Bertz CT molecular complexity index is 1450. The van der Waals surface area contributed by atoms with Crippen LogP contribution in [0.3, 0.4) is 0 Å². The molecular weight excluding hydrogens is 491 g/mol. The SMILES string of the molecule is CC(C)(O)c1cc(-c2ccc(-c3cccc(S(C)(=O)=O)c3)cc2)n(Cc2cccc(Cl)c2Cl)n1. The lowest BCUT2D eigenvalue weighted by atomic mass is 10.0. The minimum Gasteiger partial charge on any atom is -0.384 e. The van der Waals surface area contributed by atoms with E-state index in [1.54, 1.807) is 42.8 Å². The second-order valence-electron chi connectivity index (χ2n) is 8.72. The molecule has 1 N–H and O–H groups in total. The largest absolute Gasteiger partial charge is 0.384 e. The van der Waals surface area contributed by atoms with Crippen LogP contribution in [-0.4, -0.2) is 29.6 Å². The third kappa shape index (κ3) is 5.20. The van der Waals surface area contributed by atoms with Crippen LogP contribution < -0.4 is 0 Å². The van der Waals surface area contributed by atoms with Gasteiger partial charge in [-0.2, -0.15) is 5.10 Å². The van der Waals surface area contributed by atoms with Crippen LogP contribution >= 0.6 is 23.2 Å². The number of nitrogens with zero attached hydrogens (tertiary/aromatic N) is 2. The van der Waals surface area contributed by atoms with E-state index >= 15 is 0 Å². The van der Waals surface area contributed by atoms with Crippen molar-refractivity contribution in [2.24, 2.45) is 0 Å². The van der Waals surface area contributed by atoms with Crippen molar-refractivity contribution in [3.63, 3.8) is 0 Å². The van der Waals surface area contributed by atoms with Crippen LogP contribution in [0.4, 0.5) is 0 Å². The summed E-state index contributed by atoms with van der Waals surface area (Å²) in [7, 11) is -3.29. The van der Waals surface area contributed by atoms with E-state index in [1.807, 2.05) is 48.5 Å². The van der Waals surface area contributed by atoms with Gasteiger partial charge in [-0.1, -0.05) is 71.7 Å². The number of sulfone groups is 1. The van der Waals surface area contributed by atoms with Crippen LogP contribution in [-0.2, 0) is 22.0 Å². The Kier molecular flexibility index (Phi) is 6.62. The van der Waals surface area contributed by atoms with Crippen LogP contribution in [0.5, 0.6) is 0 Å². The molecule has 1 heterocycles. The van der Waals surface area contributed by atoms with Gasteiger partial charge in [0.15, 0.2) is 9.84 Å². The monoisotopic (exact) mass is 514 g/mol. The summed E-state index contributed by atoms with van der Waals surface area (Å²) in [5.74, 6) is 0. The summed E-state index contributed by atoms with van der Waals surface area (Å²) in [5.41, 5.74) is 3.63. The molecule has 0 aliphatic carbocycles. The fraction of sp³-hybridized carbons (Fsp3) is 0.192. The van der Waals surface area contributed by atoms with E-state index in [2.05, 4.69) is 5.10 Å². The lowest BCUT2D eigenvalue weighted by Crippen LogP contribution is -2.17. The van der Waals surface area contributed by atoms with Gasteiger partial charge >= 0.3 is 0 Å². The predicted molar refractivity (Wildman–Crippen MR) is 137 cm³/mol. The summed E-state index contributed by atoms with van der Waals surface area (Å²) in [6, 6.07) is 22.0. The van der Waals surface area contributed by atoms with E-state index in [-0.39, 0.29) is 4.90 Å². The zero-order valence-electron chi connectivity index (χ0n) is 19.0. The Morgan fingerprint density at radius 3 is 2.21 bits per heavy atom. The number of aliphatic hydroxyl groups is 1.